The van der Waals surface area contributed by atoms with Crippen LogP contribution in [0.2, 0.25) is 10.0 Å². The number of H-pyrrole nitrogens is 1. The smallest absolute Gasteiger partial charge is 0.302 e. The van der Waals surface area contributed by atoms with Crippen LogP contribution >= 0.6 is 23.2 Å². The first-order valence-corrected chi connectivity index (χ1v) is 9.56. The van der Waals surface area contributed by atoms with Gasteiger partial charge in [0.2, 0.25) is 0 Å². The van der Waals surface area contributed by atoms with E-state index >= 15 is 0 Å². The molecule has 0 aliphatic rings. The van der Waals surface area contributed by atoms with Crippen LogP contribution in [0.5, 0.6) is 0 Å². The van der Waals surface area contributed by atoms with Crippen LogP contribution in [-0.4, -0.2) is 16.9 Å². The molecule has 3 N–H and O–H groups in total. The molecule has 0 atom stereocenters. The normalized spacial score (nSPS) is 11.1. The maximum absolute atomic E-state index is 12.1. The number of carbonyl (C=O) groups excluding carboxylic acids is 2. The lowest BCUT2D eigenvalue weighted by Crippen LogP contribution is -2.11. The Morgan fingerprint density at radius 3 is 2.45 bits per heavy atom. The number of nitrogens with two attached hydrogens (primary N) is 1. The molecule has 146 valence electrons. The van der Waals surface area contributed by atoms with E-state index in [1.165, 1.54) is 6.92 Å². The van der Waals surface area contributed by atoms with E-state index in [1.54, 1.807) is 18.2 Å². The van der Waals surface area contributed by atoms with E-state index in [0.717, 1.165) is 33.0 Å². The van der Waals surface area contributed by atoms with Crippen LogP contribution in [0.4, 0.5) is 0 Å². The van der Waals surface area contributed by atoms with E-state index in [0.29, 0.717) is 21.1 Å². The molecule has 5 nitrogen and oxygen atoms in total. The topological polar surface area (TPSA) is 85.2 Å². The van der Waals surface area contributed by atoms with Crippen molar-refractivity contribution in [3.8, 4) is 11.1 Å². The highest BCUT2D eigenvalue weighted by Gasteiger charge is 2.15. The molecule has 0 unspecified atom stereocenters. The van der Waals surface area contributed by atoms with Crippen LogP contribution < -0.4 is 5.73 Å². The van der Waals surface area contributed by atoms with Gasteiger partial charge >= 0.3 is 5.97 Å². The minimum absolute atomic E-state index is 0.178. The SMILES string of the molecule is CC(=O)OCc1ccc2c(c1)[nH]c1c(C(N)=O)cc(-c3ccc(Cl)c(Cl)c3)cc12. The molecule has 3 aromatic carbocycles. The van der Waals surface area contributed by atoms with E-state index < -0.39 is 5.91 Å². The summed E-state index contributed by atoms with van der Waals surface area (Å²) in [6.07, 6.45) is 0. The van der Waals surface area contributed by atoms with Gasteiger partial charge in [-0.05, 0) is 47.0 Å². The number of aromatic nitrogens is 1. The lowest BCUT2D eigenvalue weighted by Gasteiger charge is -2.07. The van der Waals surface area contributed by atoms with E-state index in [4.69, 9.17) is 33.7 Å². The Kier molecular flexibility index (Phi) is 4.94. The van der Waals surface area contributed by atoms with Gasteiger partial charge in [0.1, 0.15) is 6.61 Å². The van der Waals surface area contributed by atoms with E-state index in [2.05, 4.69) is 4.98 Å². The molecule has 0 spiro atoms. The second-order valence-electron chi connectivity index (χ2n) is 6.72. The summed E-state index contributed by atoms with van der Waals surface area (Å²) in [5.41, 5.74) is 9.96. The third kappa shape index (κ3) is 3.67. The zero-order chi connectivity index (χ0) is 20.7. The predicted molar refractivity (Wildman–Crippen MR) is 115 cm³/mol. The number of hydrogen-bond donors (Lipinski definition) is 2. The quantitative estimate of drug-likeness (QED) is 0.425. The molecule has 0 fully saturated rings. The molecule has 0 bridgehead atoms. The predicted octanol–water partition coefficient (Wildman–Crippen LogP) is 5.46. The highest BCUT2D eigenvalue weighted by Crippen LogP contribution is 2.35. The van der Waals surface area contributed by atoms with Gasteiger partial charge in [0, 0.05) is 23.2 Å². The Labute approximate surface area is 176 Å². The molecular formula is C22H16Cl2N2O3. The van der Waals surface area contributed by atoms with E-state index in [1.807, 2.05) is 30.3 Å². The van der Waals surface area contributed by atoms with Crippen LogP contribution in [0.3, 0.4) is 0 Å². The summed E-state index contributed by atoms with van der Waals surface area (Å²) in [5, 5.41) is 2.67. The number of hydrogen-bond acceptors (Lipinski definition) is 3. The van der Waals surface area contributed by atoms with Gasteiger partial charge in [-0.2, -0.15) is 0 Å². The van der Waals surface area contributed by atoms with Crippen molar-refractivity contribution in [3.63, 3.8) is 0 Å². The lowest BCUT2D eigenvalue weighted by atomic mass is 9.98. The van der Waals surface area contributed by atoms with Gasteiger partial charge in [-0.15, -0.1) is 0 Å². The van der Waals surface area contributed by atoms with Crippen LogP contribution in [-0.2, 0) is 16.1 Å². The van der Waals surface area contributed by atoms with Crippen molar-refractivity contribution in [2.75, 3.05) is 0 Å². The average Bonchev–Trinajstić information content (AvgIpc) is 3.05. The summed E-state index contributed by atoms with van der Waals surface area (Å²) in [4.78, 5) is 26.5. The standard InChI is InChI=1S/C22H16Cl2N2O3/c1-11(27)29-10-12-2-4-15-16-7-14(13-3-5-18(23)19(24)9-13)8-17(22(25)28)21(16)26-20(15)6-12/h2-9,26H,10H2,1H3,(H2,25,28). The maximum Gasteiger partial charge on any atom is 0.302 e. The van der Waals surface area contributed by atoms with Crippen molar-refractivity contribution in [1.82, 2.24) is 4.98 Å². The molecule has 0 radical (unpaired) electrons. The minimum Gasteiger partial charge on any atom is -0.461 e. The number of esters is 1. The van der Waals surface area contributed by atoms with Crippen molar-refractivity contribution in [2.45, 2.75) is 13.5 Å². The third-order valence-corrected chi connectivity index (χ3v) is 5.47. The first-order valence-electron chi connectivity index (χ1n) is 8.80. The summed E-state index contributed by atoms with van der Waals surface area (Å²) in [6.45, 7) is 1.54. The van der Waals surface area contributed by atoms with Crippen LogP contribution in [0, 0.1) is 0 Å². The fourth-order valence-electron chi connectivity index (χ4n) is 3.36. The van der Waals surface area contributed by atoms with Gasteiger partial charge in [0.25, 0.3) is 5.91 Å². The number of rotatable bonds is 4. The number of halogens is 2. The van der Waals surface area contributed by atoms with Crippen LogP contribution in [0.15, 0.2) is 48.5 Å². The highest BCUT2D eigenvalue weighted by atomic mass is 35.5. The molecule has 0 saturated carbocycles. The molecular weight excluding hydrogens is 411 g/mol. The van der Waals surface area contributed by atoms with Crippen molar-refractivity contribution in [2.24, 2.45) is 5.73 Å². The molecule has 4 rings (SSSR count). The second kappa shape index (κ2) is 7.43. The number of amides is 1. The lowest BCUT2D eigenvalue weighted by molar-refractivity contribution is -0.142. The molecule has 7 heteroatoms. The third-order valence-electron chi connectivity index (χ3n) is 4.73. The van der Waals surface area contributed by atoms with Crippen molar-refractivity contribution >= 4 is 56.9 Å². The number of nitrogens with one attached hydrogen (secondary N) is 1. The Morgan fingerprint density at radius 1 is 0.966 bits per heavy atom. The number of aromatic amines is 1. The maximum atomic E-state index is 12.1. The number of benzene rings is 3. The minimum atomic E-state index is -0.538. The molecule has 4 aromatic rings. The van der Waals surface area contributed by atoms with Gasteiger partial charge in [0.15, 0.2) is 0 Å². The van der Waals surface area contributed by atoms with E-state index in [-0.39, 0.29) is 12.6 Å². The van der Waals surface area contributed by atoms with Crippen LogP contribution in [0.1, 0.15) is 22.8 Å². The first-order chi connectivity index (χ1) is 13.8. The Bertz CT molecular complexity index is 1290. The summed E-state index contributed by atoms with van der Waals surface area (Å²) in [6, 6.07) is 14.7. The summed E-state index contributed by atoms with van der Waals surface area (Å²) < 4.78 is 5.06. The fourth-order valence-corrected chi connectivity index (χ4v) is 3.66. The molecule has 1 aromatic heterocycles. The second-order valence-corrected chi connectivity index (χ2v) is 7.54. The number of primary amides is 1. The molecule has 1 amide bonds. The van der Waals surface area contributed by atoms with Gasteiger partial charge in [-0.3, -0.25) is 9.59 Å². The first kappa shape index (κ1) is 19.3. The number of fused-ring (bicyclic) bond motifs is 3. The fraction of sp³-hybridized carbons (Fsp3) is 0.0909. The summed E-state index contributed by atoms with van der Waals surface area (Å²) in [5.74, 6) is -0.882. The van der Waals surface area contributed by atoms with Crippen molar-refractivity contribution < 1.29 is 14.3 Å². The van der Waals surface area contributed by atoms with Gasteiger partial charge in [0.05, 0.1) is 21.1 Å². The van der Waals surface area contributed by atoms with Gasteiger partial charge < -0.3 is 15.5 Å². The highest BCUT2D eigenvalue weighted by molar-refractivity contribution is 6.42. The molecule has 0 saturated heterocycles. The molecule has 1 heterocycles. The zero-order valence-corrected chi connectivity index (χ0v) is 16.9. The van der Waals surface area contributed by atoms with Gasteiger partial charge in [-0.1, -0.05) is 41.4 Å². The van der Waals surface area contributed by atoms with Crippen molar-refractivity contribution in [1.29, 1.82) is 0 Å². The Morgan fingerprint density at radius 2 is 1.76 bits per heavy atom. The number of carbonyl (C=O) groups is 2. The molecule has 0 aliphatic heterocycles. The average molecular weight is 427 g/mol. The van der Waals surface area contributed by atoms with E-state index in [9.17, 15) is 9.59 Å². The van der Waals surface area contributed by atoms with Crippen molar-refractivity contribution in [3.05, 3.63) is 69.7 Å². The number of ether oxygens (including phenoxy) is 1. The molecule has 0 aliphatic carbocycles. The Balaban J connectivity index is 1.91. The summed E-state index contributed by atoms with van der Waals surface area (Å²) >= 11 is 12.2. The van der Waals surface area contributed by atoms with Gasteiger partial charge in [-0.25, -0.2) is 0 Å². The van der Waals surface area contributed by atoms with Crippen LogP contribution in [0.25, 0.3) is 32.9 Å². The summed E-state index contributed by atoms with van der Waals surface area (Å²) in [7, 11) is 0. The zero-order valence-electron chi connectivity index (χ0n) is 15.4. The Hall–Kier alpha value is -3.02. The monoisotopic (exact) mass is 426 g/mol. The largest absolute Gasteiger partial charge is 0.461 e. The molecule has 29 heavy (non-hydrogen) atoms.